The second-order valence-electron chi connectivity index (χ2n) is 5.52. The van der Waals surface area contributed by atoms with Crippen molar-refractivity contribution in [3.8, 4) is 11.4 Å². The molecule has 0 bridgehead atoms. The van der Waals surface area contributed by atoms with E-state index in [1.165, 1.54) is 47.4 Å². The summed E-state index contributed by atoms with van der Waals surface area (Å²) in [6.45, 7) is 0.251. The number of aromatic carboxylic acids is 1. The average Bonchev–Trinajstić information content (AvgIpc) is 3.09. The summed E-state index contributed by atoms with van der Waals surface area (Å²) in [5.74, 6) is -1.16. The van der Waals surface area contributed by atoms with Crippen molar-refractivity contribution >= 4 is 23.5 Å². The van der Waals surface area contributed by atoms with Crippen LogP contribution in [-0.4, -0.2) is 32.2 Å². The number of nitrogens with one attached hydrogen (secondary N) is 1. The van der Waals surface area contributed by atoms with E-state index < -0.39 is 12.3 Å². The molecular weight excluding hydrogens is 401 g/mol. The van der Waals surface area contributed by atoms with Gasteiger partial charge in [0.25, 0.3) is 0 Å². The Morgan fingerprint density at radius 2 is 1.93 bits per heavy atom. The molecule has 0 aliphatic heterocycles. The molecule has 1 aromatic heterocycles. The van der Waals surface area contributed by atoms with Crippen molar-refractivity contribution < 1.29 is 27.8 Å². The first-order valence-electron chi connectivity index (χ1n) is 7.75. The quantitative estimate of drug-likeness (QED) is 0.633. The van der Waals surface area contributed by atoms with Crippen LogP contribution in [0.1, 0.15) is 15.9 Å². The summed E-state index contributed by atoms with van der Waals surface area (Å²) in [5.41, 5.74) is 1.21. The topological polar surface area (TPSA) is 89.3 Å². The Balaban J connectivity index is 1.65. The van der Waals surface area contributed by atoms with Crippen LogP contribution in [0, 0.1) is 0 Å². The molecule has 0 fully saturated rings. The number of hydrogen-bond donors (Lipinski definition) is 2. The molecule has 0 aliphatic rings. The zero-order chi connectivity index (χ0) is 20.3. The zero-order valence-corrected chi connectivity index (χ0v) is 14.7. The molecule has 28 heavy (non-hydrogen) atoms. The van der Waals surface area contributed by atoms with Crippen LogP contribution >= 0.6 is 11.6 Å². The van der Waals surface area contributed by atoms with E-state index in [-0.39, 0.29) is 28.8 Å². The summed E-state index contributed by atoms with van der Waals surface area (Å²) in [4.78, 5) is 15.0. The van der Waals surface area contributed by atoms with Crippen LogP contribution in [0.5, 0.6) is 5.75 Å². The number of anilines is 1. The molecule has 0 saturated carbocycles. The second kappa shape index (κ2) is 7.77. The summed E-state index contributed by atoms with van der Waals surface area (Å²) in [6, 6.07) is 9.50. The third-order valence-electron chi connectivity index (χ3n) is 3.56. The molecule has 0 radical (unpaired) electrons. The van der Waals surface area contributed by atoms with Gasteiger partial charge in [-0.25, -0.2) is 14.5 Å². The molecule has 11 heteroatoms. The summed E-state index contributed by atoms with van der Waals surface area (Å²) < 4.78 is 41.7. The average molecular weight is 413 g/mol. The Hall–Kier alpha value is -3.27. The molecule has 146 valence electrons. The summed E-state index contributed by atoms with van der Waals surface area (Å²) in [6.07, 6.45) is -3.37. The highest BCUT2D eigenvalue weighted by Gasteiger charge is 2.30. The molecule has 0 unspecified atom stereocenters. The Bertz CT molecular complexity index is 990. The SMILES string of the molecule is O=C(O)c1ccc(CNc2ncn(-c3ccc(OC(F)(F)F)cc3)n2)c(Cl)c1. The second-order valence-corrected chi connectivity index (χ2v) is 5.93. The fourth-order valence-electron chi connectivity index (χ4n) is 2.27. The van der Waals surface area contributed by atoms with Gasteiger partial charge in [-0.05, 0) is 42.0 Å². The highest BCUT2D eigenvalue weighted by molar-refractivity contribution is 6.31. The lowest BCUT2D eigenvalue weighted by Gasteiger charge is -2.09. The Kier molecular flexibility index (Phi) is 5.41. The lowest BCUT2D eigenvalue weighted by molar-refractivity contribution is -0.274. The van der Waals surface area contributed by atoms with E-state index in [4.69, 9.17) is 16.7 Å². The van der Waals surface area contributed by atoms with Crippen molar-refractivity contribution in [2.24, 2.45) is 0 Å². The van der Waals surface area contributed by atoms with Crippen LogP contribution in [0.2, 0.25) is 5.02 Å². The lowest BCUT2D eigenvalue weighted by Crippen LogP contribution is -2.17. The van der Waals surface area contributed by atoms with Crippen LogP contribution in [-0.2, 0) is 6.54 Å². The number of hydrogen-bond acceptors (Lipinski definition) is 5. The first-order chi connectivity index (χ1) is 13.2. The first kappa shape index (κ1) is 19.5. The molecule has 1 heterocycles. The van der Waals surface area contributed by atoms with Gasteiger partial charge in [0.15, 0.2) is 0 Å². The molecule has 3 aromatic rings. The number of aromatic nitrogens is 3. The first-order valence-corrected chi connectivity index (χ1v) is 8.12. The predicted molar refractivity (Wildman–Crippen MR) is 93.8 cm³/mol. The van der Waals surface area contributed by atoms with Gasteiger partial charge in [0.2, 0.25) is 5.95 Å². The largest absolute Gasteiger partial charge is 0.573 e. The number of alkyl halides is 3. The highest BCUT2D eigenvalue weighted by atomic mass is 35.5. The van der Waals surface area contributed by atoms with Crippen LogP contribution in [0.3, 0.4) is 0 Å². The van der Waals surface area contributed by atoms with E-state index in [1.54, 1.807) is 6.07 Å². The van der Waals surface area contributed by atoms with Gasteiger partial charge in [-0.15, -0.1) is 18.3 Å². The maximum atomic E-state index is 12.2. The summed E-state index contributed by atoms with van der Waals surface area (Å²) >= 11 is 6.06. The Morgan fingerprint density at radius 1 is 1.21 bits per heavy atom. The Morgan fingerprint density at radius 3 is 2.54 bits per heavy atom. The van der Waals surface area contributed by atoms with E-state index in [1.807, 2.05) is 0 Å². The molecule has 0 saturated heterocycles. The minimum absolute atomic E-state index is 0.0779. The monoisotopic (exact) mass is 412 g/mol. The van der Waals surface area contributed by atoms with E-state index in [0.29, 0.717) is 11.3 Å². The number of carbonyl (C=O) groups is 1. The minimum Gasteiger partial charge on any atom is -0.478 e. The molecule has 2 N–H and O–H groups in total. The van der Waals surface area contributed by atoms with Gasteiger partial charge in [-0.2, -0.15) is 0 Å². The van der Waals surface area contributed by atoms with E-state index in [9.17, 15) is 18.0 Å². The van der Waals surface area contributed by atoms with Crippen molar-refractivity contribution in [3.05, 3.63) is 64.9 Å². The van der Waals surface area contributed by atoms with Gasteiger partial charge in [0.05, 0.1) is 11.3 Å². The number of halogens is 4. The fourth-order valence-corrected chi connectivity index (χ4v) is 2.51. The van der Waals surface area contributed by atoms with Crippen molar-refractivity contribution in [1.82, 2.24) is 14.8 Å². The molecule has 0 atom stereocenters. The number of nitrogens with zero attached hydrogens (tertiary/aromatic N) is 3. The number of ether oxygens (including phenoxy) is 1. The standard InChI is InChI=1S/C17H12ClF3N4O3/c18-14-7-10(15(26)27)1-2-11(14)8-22-16-23-9-25(24-16)12-3-5-13(6-4-12)28-17(19,20)21/h1-7,9H,8H2,(H,22,24)(H,26,27). The maximum Gasteiger partial charge on any atom is 0.573 e. The smallest absolute Gasteiger partial charge is 0.478 e. The molecule has 2 aromatic carbocycles. The van der Waals surface area contributed by atoms with Crippen molar-refractivity contribution in [1.29, 1.82) is 0 Å². The summed E-state index contributed by atoms with van der Waals surface area (Å²) in [7, 11) is 0. The van der Waals surface area contributed by atoms with Crippen LogP contribution < -0.4 is 10.1 Å². The van der Waals surface area contributed by atoms with E-state index in [2.05, 4.69) is 20.1 Å². The number of rotatable bonds is 6. The molecule has 7 nitrogen and oxygen atoms in total. The molecule has 0 aliphatic carbocycles. The molecule has 0 amide bonds. The third-order valence-corrected chi connectivity index (χ3v) is 3.92. The van der Waals surface area contributed by atoms with Gasteiger partial charge >= 0.3 is 12.3 Å². The van der Waals surface area contributed by atoms with E-state index in [0.717, 1.165) is 0 Å². The molecule has 3 rings (SSSR count). The third kappa shape index (κ3) is 4.92. The van der Waals surface area contributed by atoms with Gasteiger partial charge in [-0.3, -0.25) is 0 Å². The van der Waals surface area contributed by atoms with Crippen molar-refractivity contribution in [2.45, 2.75) is 12.9 Å². The maximum absolute atomic E-state index is 12.2. The fraction of sp³-hybridized carbons (Fsp3) is 0.118. The van der Waals surface area contributed by atoms with Crippen LogP contribution in [0.15, 0.2) is 48.8 Å². The Labute approximate surface area is 161 Å². The predicted octanol–water partition coefficient (Wildman–Crippen LogP) is 4.13. The summed E-state index contributed by atoms with van der Waals surface area (Å²) in [5, 5.41) is 16.3. The highest BCUT2D eigenvalue weighted by Crippen LogP contribution is 2.24. The van der Waals surface area contributed by atoms with Gasteiger partial charge in [-0.1, -0.05) is 17.7 Å². The zero-order valence-electron chi connectivity index (χ0n) is 13.9. The lowest BCUT2D eigenvalue weighted by atomic mass is 10.1. The van der Waals surface area contributed by atoms with Crippen LogP contribution in [0.4, 0.5) is 19.1 Å². The van der Waals surface area contributed by atoms with Crippen molar-refractivity contribution in [3.63, 3.8) is 0 Å². The number of carboxylic acid groups (broad SMARTS) is 1. The minimum atomic E-state index is -4.75. The normalized spacial score (nSPS) is 11.3. The van der Waals surface area contributed by atoms with Gasteiger partial charge < -0.3 is 15.2 Å². The number of benzene rings is 2. The van der Waals surface area contributed by atoms with Crippen LogP contribution in [0.25, 0.3) is 5.69 Å². The van der Waals surface area contributed by atoms with Crippen molar-refractivity contribution in [2.75, 3.05) is 5.32 Å². The molecular formula is C17H12ClF3N4O3. The van der Waals surface area contributed by atoms with Gasteiger partial charge in [0, 0.05) is 11.6 Å². The van der Waals surface area contributed by atoms with E-state index >= 15 is 0 Å². The van der Waals surface area contributed by atoms with Gasteiger partial charge in [0.1, 0.15) is 12.1 Å². The molecule has 0 spiro atoms. The number of carboxylic acids is 1.